The maximum absolute atomic E-state index is 12.1. The van der Waals surface area contributed by atoms with E-state index in [0.29, 0.717) is 6.61 Å². The van der Waals surface area contributed by atoms with Gasteiger partial charge in [-0.15, -0.1) is 0 Å². The first-order valence-electron chi connectivity index (χ1n) is 6.58. The zero-order valence-corrected chi connectivity index (χ0v) is 12.9. The molecule has 0 spiro atoms. The molecule has 0 radical (unpaired) electrons. The SMILES string of the molecule is CC(c1ccccc1)C(Br)C(=O)OCc1ccccc1. The quantitative estimate of drug-likeness (QED) is 0.602. The lowest BCUT2D eigenvalue weighted by Crippen LogP contribution is -2.23. The van der Waals surface area contributed by atoms with Gasteiger partial charge in [-0.3, -0.25) is 4.79 Å². The maximum atomic E-state index is 12.1. The van der Waals surface area contributed by atoms with Crippen LogP contribution in [-0.4, -0.2) is 10.8 Å². The highest BCUT2D eigenvalue weighted by molar-refractivity contribution is 9.10. The second kappa shape index (κ2) is 7.25. The molecule has 2 aromatic rings. The first kappa shape index (κ1) is 14.8. The molecule has 0 fully saturated rings. The van der Waals surface area contributed by atoms with Crippen LogP contribution in [0.5, 0.6) is 0 Å². The van der Waals surface area contributed by atoms with E-state index >= 15 is 0 Å². The highest BCUT2D eigenvalue weighted by Gasteiger charge is 2.24. The predicted molar refractivity (Wildman–Crippen MR) is 83.8 cm³/mol. The Morgan fingerprint density at radius 2 is 1.60 bits per heavy atom. The number of esters is 1. The Hall–Kier alpha value is -1.61. The Bertz CT molecular complexity index is 539. The van der Waals surface area contributed by atoms with Crippen LogP contribution in [0.25, 0.3) is 0 Å². The topological polar surface area (TPSA) is 26.3 Å². The van der Waals surface area contributed by atoms with Gasteiger partial charge in [-0.05, 0) is 11.1 Å². The molecule has 2 unspecified atom stereocenters. The number of carbonyl (C=O) groups is 1. The van der Waals surface area contributed by atoms with Crippen LogP contribution in [0.2, 0.25) is 0 Å². The summed E-state index contributed by atoms with van der Waals surface area (Å²) in [7, 11) is 0. The molecule has 0 aliphatic rings. The molecule has 0 N–H and O–H groups in total. The second-order valence-corrected chi connectivity index (χ2v) is 5.68. The average molecular weight is 333 g/mol. The van der Waals surface area contributed by atoms with E-state index in [1.165, 1.54) is 0 Å². The van der Waals surface area contributed by atoms with Gasteiger partial charge >= 0.3 is 5.97 Å². The molecule has 2 rings (SSSR count). The number of alkyl halides is 1. The van der Waals surface area contributed by atoms with E-state index in [9.17, 15) is 4.79 Å². The molecular weight excluding hydrogens is 316 g/mol. The third kappa shape index (κ3) is 3.94. The third-order valence-electron chi connectivity index (χ3n) is 3.21. The molecule has 104 valence electrons. The van der Waals surface area contributed by atoms with Gasteiger partial charge in [0.15, 0.2) is 0 Å². The lowest BCUT2D eigenvalue weighted by Gasteiger charge is -2.17. The van der Waals surface area contributed by atoms with Crippen molar-refractivity contribution in [2.75, 3.05) is 0 Å². The first-order chi connectivity index (χ1) is 9.68. The molecule has 0 heterocycles. The first-order valence-corrected chi connectivity index (χ1v) is 7.49. The van der Waals surface area contributed by atoms with Crippen LogP contribution in [0, 0.1) is 0 Å². The standard InChI is InChI=1S/C17H17BrO2/c1-13(15-10-6-3-7-11-15)16(18)17(19)20-12-14-8-4-2-5-9-14/h2-11,13,16H,12H2,1H3. The van der Waals surface area contributed by atoms with Gasteiger partial charge in [-0.2, -0.15) is 0 Å². The van der Waals surface area contributed by atoms with Gasteiger partial charge in [0.1, 0.15) is 11.4 Å². The highest BCUT2D eigenvalue weighted by atomic mass is 79.9. The summed E-state index contributed by atoms with van der Waals surface area (Å²) < 4.78 is 5.35. The fourth-order valence-corrected chi connectivity index (χ4v) is 2.38. The summed E-state index contributed by atoms with van der Waals surface area (Å²) in [5, 5.41) is 0. The van der Waals surface area contributed by atoms with Crippen LogP contribution < -0.4 is 0 Å². The van der Waals surface area contributed by atoms with E-state index in [2.05, 4.69) is 15.9 Å². The molecule has 2 nitrogen and oxygen atoms in total. The van der Waals surface area contributed by atoms with E-state index < -0.39 is 0 Å². The minimum atomic E-state index is -0.339. The van der Waals surface area contributed by atoms with Crippen LogP contribution >= 0.6 is 15.9 Å². The monoisotopic (exact) mass is 332 g/mol. The van der Waals surface area contributed by atoms with Gasteiger partial charge in [0.2, 0.25) is 0 Å². The van der Waals surface area contributed by atoms with Crippen molar-refractivity contribution in [1.29, 1.82) is 0 Å². The van der Waals surface area contributed by atoms with Crippen LogP contribution in [0.15, 0.2) is 60.7 Å². The summed E-state index contributed by atoms with van der Waals surface area (Å²) in [6.45, 7) is 2.32. The zero-order valence-electron chi connectivity index (χ0n) is 11.3. The molecule has 0 aliphatic carbocycles. The van der Waals surface area contributed by atoms with Crippen LogP contribution in [-0.2, 0) is 16.1 Å². The second-order valence-electron chi connectivity index (χ2n) is 4.69. The Balaban J connectivity index is 1.92. The van der Waals surface area contributed by atoms with Crippen molar-refractivity contribution in [1.82, 2.24) is 0 Å². The van der Waals surface area contributed by atoms with E-state index in [-0.39, 0.29) is 16.7 Å². The van der Waals surface area contributed by atoms with Crippen molar-refractivity contribution in [3.63, 3.8) is 0 Å². The lowest BCUT2D eigenvalue weighted by atomic mass is 9.98. The summed E-state index contributed by atoms with van der Waals surface area (Å²) in [6.07, 6.45) is 0. The van der Waals surface area contributed by atoms with Crippen LogP contribution in [0.3, 0.4) is 0 Å². The number of benzene rings is 2. The zero-order chi connectivity index (χ0) is 14.4. The van der Waals surface area contributed by atoms with E-state index in [0.717, 1.165) is 11.1 Å². The minimum absolute atomic E-state index is 0.0690. The molecule has 2 atom stereocenters. The fourth-order valence-electron chi connectivity index (χ4n) is 1.94. The number of halogens is 1. The van der Waals surface area contributed by atoms with Crippen molar-refractivity contribution in [3.8, 4) is 0 Å². The molecule has 20 heavy (non-hydrogen) atoms. The van der Waals surface area contributed by atoms with Crippen molar-refractivity contribution in [3.05, 3.63) is 71.8 Å². The van der Waals surface area contributed by atoms with E-state index in [1.54, 1.807) is 0 Å². The number of rotatable bonds is 5. The van der Waals surface area contributed by atoms with Crippen molar-refractivity contribution >= 4 is 21.9 Å². The van der Waals surface area contributed by atoms with Gasteiger partial charge in [0.25, 0.3) is 0 Å². The average Bonchev–Trinajstić information content (AvgIpc) is 2.53. The molecule has 0 amide bonds. The summed E-state index contributed by atoms with van der Waals surface area (Å²) in [4.78, 5) is 11.7. The van der Waals surface area contributed by atoms with Gasteiger partial charge in [0.05, 0.1) is 0 Å². The van der Waals surface area contributed by atoms with Gasteiger partial charge in [0, 0.05) is 5.92 Å². The summed E-state index contributed by atoms with van der Waals surface area (Å²) >= 11 is 3.44. The van der Waals surface area contributed by atoms with Crippen LogP contribution in [0.4, 0.5) is 0 Å². The van der Waals surface area contributed by atoms with Crippen LogP contribution in [0.1, 0.15) is 24.0 Å². The smallest absolute Gasteiger partial charge is 0.320 e. The molecule has 0 aromatic heterocycles. The van der Waals surface area contributed by atoms with Gasteiger partial charge < -0.3 is 4.74 Å². The Kier molecular flexibility index (Phi) is 5.36. The molecule has 0 saturated carbocycles. The number of hydrogen-bond donors (Lipinski definition) is 0. The van der Waals surface area contributed by atoms with Gasteiger partial charge in [-0.25, -0.2) is 0 Å². The molecule has 0 aliphatic heterocycles. The predicted octanol–water partition coefficient (Wildman–Crippen LogP) is 4.30. The van der Waals surface area contributed by atoms with Gasteiger partial charge in [-0.1, -0.05) is 83.5 Å². The molecule has 3 heteroatoms. The van der Waals surface area contributed by atoms with Crippen molar-refractivity contribution in [2.45, 2.75) is 24.3 Å². The largest absolute Gasteiger partial charge is 0.460 e. The minimum Gasteiger partial charge on any atom is -0.460 e. The normalized spacial score (nSPS) is 13.5. The summed E-state index contributed by atoms with van der Waals surface area (Å²) in [5.74, 6) is -0.162. The maximum Gasteiger partial charge on any atom is 0.320 e. The highest BCUT2D eigenvalue weighted by Crippen LogP contribution is 2.25. The molecule has 0 bridgehead atoms. The lowest BCUT2D eigenvalue weighted by molar-refractivity contribution is -0.144. The van der Waals surface area contributed by atoms with Crippen molar-refractivity contribution in [2.24, 2.45) is 0 Å². The Morgan fingerprint density at radius 3 is 2.20 bits per heavy atom. The van der Waals surface area contributed by atoms with Crippen molar-refractivity contribution < 1.29 is 9.53 Å². The Morgan fingerprint density at radius 1 is 1.05 bits per heavy atom. The Labute approximate surface area is 127 Å². The third-order valence-corrected chi connectivity index (χ3v) is 4.38. The fraction of sp³-hybridized carbons (Fsp3) is 0.235. The molecular formula is C17H17BrO2. The summed E-state index contributed by atoms with van der Waals surface area (Å²) in [6, 6.07) is 19.6. The summed E-state index contributed by atoms with van der Waals surface area (Å²) in [5.41, 5.74) is 2.11. The number of hydrogen-bond acceptors (Lipinski definition) is 2. The number of carbonyl (C=O) groups excluding carboxylic acids is 1. The molecule has 0 saturated heterocycles. The van der Waals surface area contributed by atoms with E-state index in [1.807, 2.05) is 67.6 Å². The molecule has 2 aromatic carbocycles. The van der Waals surface area contributed by atoms with E-state index in [4.69, 9.17) is 4.74 Å². The number of ether oxygens (including phenoxy) is 1.